The van der Waals surface area contributed by atoms with Crippen LogP contribution in [0, 0.1) is 5.41 Å². The standard InChI is InChI=1S/C20H25N3O2/c21-10-5-11-23-14-17(12-15-6-1-3-8-19(15)24)18(22)13-16-7-2-4-9-20(16)25/h1-4,6-9,12,22-25H,5,10-11,13-14,21H2. The monoisotopic (exact) mass is 339 g/mol. The summed E-state index contributed by atoms with van der Waals surface area (Å²) >= 11 is 0. The Morgan fingerprint density at radius 2 is 1.72 bits per heavy atom. The van der Waals surface area contributed by atoms with E-state index in [2.05, 4.69) is 5.32 Å². The Balaban J connectivity index is 2.19. The molecule has 0 aliphatic rings. The van der Waals surface area contributed by atoms with E-state index < -0.39 is 0 Å². The fourth-order valence-electron chi connectivity index (χ4n) is 2.46. The molecule has 0 aliphatic heterocycles. The summed E-state index contributed by atoms with van der Waals surface area (Å²) in [5.74, 6) is 0.363. The van der Waals surface area contributed by atoms with E-state index in [9.17, 15) is 10.2 Å². The molecule has 0 heterocycles. The molecule has 132 valence electrons. The SMILES string of the molecule is N=C(Cc1ccccc1O)C(=Cc1ccccc1O)CNCCCN. The molecule has 0 aromatic heterocycles. The van der Waals surface area contributed by atoms with Crippen molar-refractivity contribution in [2.24, 2.45) is 5.73 Å². The summed E-state index contributed by atoms with van der Waals surface area (Å²) < 4.78 is 0. The lowest BCUT2D eigenvalue weighted by atomic mass is 9.99. The fourth-order valence-corrected chi connectivity index (χ4v) is 2.46. The van der Waals surface area contributed by atoms with Crippen molar-refractivity contribution < 1.29 is 10.2 Å². The van der Waals surface area contributed by atoms with Crippen LogP contribution in [0.1, 0.15) is 17.5 Å². The number of phenolic OH excluding ortho intramolecular Hbond substituents is 2. The maximum atomic E-state index is 9.99. The maximum Gasteiger partial charge on any atom is 0.122 e. The number of para-hydroxylation sites is 2. The first-order chi connectivity index (χ1) is 12.1. The molecule has 2 rings (SSSR count). The zero-order valence-corrected chi connectivity index (χ0v) is 14.2. The molecule has 0 saturated heterocycles. The summed E-state index contributed by atoms with van der Waals surface area (Å²) in [6, 6.07) is 14.1. The van der Waals surface area contributed by atoms with Crippen LogP contribution in [0.5, 0.6) is 11.5 Å². The van der Waals surface area contributed by atoms with Crippen LogP contribution in [-0.2, 0) is 6.42 Å². The average molecular weight is 339 g/mol. The molecule has 0 aliphatic carbocycles. The van der Waals surface area contributed by atoms with Gasteiger partial charge in [-0.25, -0.2) is 0 Å². The van der Waals surface area contributed by atoms with E-state index >= 15 is 0 Å². The Morgan fingerprint density at radius 1 is 1.04 bits per heavy atom. The Kier molecular flexibility index (Phi) is 7.19. The summed E-state index contributed by atoms with van der Waals surface area (Å²) in [5, 5.41) is 31.7. The van der Waals surface area contributed by atoms with Crippen molar-refractivity contribution in [1.29, 1.82) is 5.41 Å². The predicted octanol–water partition coefficient (Wildman–Crippen LogP) is 2.68. The first-order valence-electron chi connectivity index (χ1n) is 8.36. The maximum absolute atomic E-state index is 9.99. The van der Waals surface area contributed by atoms with Gasteiger partial charge in [0.15, 0.2) is 0 Å². The van der Waals surface area contributed by atoms with Crippen molar-refractivity contribution in [2.75, 3.05) is 19.6 Å². The number of nitrogens with one attached hydrogen (secondary N) is 2. The second-order valence-electron chi connectivity index (χ2n) is 5.83. The summed E-state index contributed by atoms with van der Waals surface area (Å²) in [6.07, 6.45) is 2.99. The largest absolute Gasteiger partial charge is 0.508 e. The average Bonchev–Trinajstić information content (AvgIpc) is 2.61. The number of hydrogen-bond donors (Lipinski definition) is 5. The van der Waals surface area contributed by atoms with Crippen molar-refractivity contribution in [3.63, 3.8) is 0 Å². The quantitative estimate of drug-likeness (QED) is 0.358. The third-order valence-corrected chi connectivity index (χ3v) is 3.89. The highest BCUT2D eigenvalue weighted by Gasteiger charge is 2.10. The highest BCUT2D eigenvalue weighted by atomic mass is 16.3. The molecule has 0 bridgehead atoms. The van der Waals surface area contributed by atoms with Crippen molar-refractivity contribution >= 4 is 11.8 Å². The van der Waals surface area contributed by atoms with Gasteiger partial charge in [-0.1, -0.05) is 36.4 Å². The Bertz CT molecular complexity index is 741. The minimum Gasteiger partial charge on any atom is -0.508 e. The van der Waals surface area contributed by atoms with Crippen LogP contribution in [-0.4, -0.2) is 35.6 Å². The third kappa shape index (κ3) is 5.74. The van der Waals surface area contributed by atoms with Crippen molar-refractivity contribution in [2.45, 2.75) is 12.8 Å². The van der Waals surface area contributed by atoms with Gasteiger partial charge in [-0.2, -0.15) is 0 Å². The van der Waals surface area contributed by atoms with E-state index in [1.54, 1.807) is 24.3 Å². The van der Waals surface area contributed by atoms with E-state index in [0.717, 1.165) is 18.5 Å². The van der Waals surface area contributed by atoms with Gasteiger partial charge < -0.3 is 26.7 Å². The molecule has 0 radical (unpaired) electrons. The van der Waals surface area contributed by atoms with Crippen LogP contribution in [0.4, 0.5) is 0 Å². The second-order valence-corrected chi connectivity index (χ2v) is 5.83. The molecule has 0 fully saturated rings. The van der Waals surface area contributed by atoms with Gasteiger partial charge in [0.1, 0.15) is 11.5 Å². The lowest BCUT2D eigenvalue weighted by molar-refractivity contribution is 0.470. The molecule has 0 spiro atoms. The zero-order chi connectivity index (χ0) is 18.1. The molecule has 0 saturated carbocycles. The van der Waals surface area contributed by atoms with E-state index in [1.165, 1.54) is 0 Å². The minimum atomic E-state index is 0.178. The van der Waals surface area contributed by atoms with Gasteiger partial charge in [0, 0.05) is 24.2 Å². The predicted molar refractivity (Wildman–Crippen MR) is 102 cm³/mol. The van der Waals surface area contributed by atoms with Crippen LogP contribution < -0.4 is 11.1 Å². The molecule has 25 heavy (non-hydrogen) atoms. The van der Waals surface area contributed by atoms with Crippen molar-refractivity contribution in [1.82, 2.24) is 5.32 Å². The first-order valence-corrected chi connectivity index (χ1v) is 8.36. The van der Waals surface area contributed by atoms with Crippen molar-refractivity contribution in [3.05, 3.63) is 65.2 Å². The molecule has 0 unspecified atom stereocenters. The summed E-state index contributed by atoms with van der Waals surface area (Å²) in [4.78, 5) is 0. The fraction of sp³-hybridized carbons (Fsp3) is 0.250. The molecule has 5 nitrogen and oxygen atoms in total. The number of hydrogen-bond acceptors (Lipinski definition) is 5. The normalized spacial score (nSPS) is 11.5. The van der Waals surface area contributed by atoms with E-state index in [4.69, 9.17) is 11.1 Å². The Labute approximate surface area is 148 Å². The van der Waals surface area contributed by atoms with Crippen LogP contribution in [0.15, 0.2) is 54.1 Å². The van der Waals surface area contributed by atoms with E-state index in [0.29, 0.717) is 36.3 Å². The van der Waals surface area contributed by atoms with Crippen LogP contribution >= 0.6 is 0 Å². The number of rotatable bonds is 9. The van der Waals surface area contributed by atoms with Gasteiger partial charge in [-0.3, -0.25) is 0 Å². The molecule has 0 amide bonds. The number of benzene rings is 2. The van der Waals surface area contributed by atoms with Gasteiger partial charge in [0.2, 0.25) is 0 Å². The topological polar surface area (TPSA) is 102 Å². The summed E-state index contributed by atoms with van der Waals surface area (Å²) in [7, 11) is 0. The van der Waals surface area contributed by atoms with Gasteiger partial charge >= 0.3 is 0 Å². The van der Waals surface area contributed by atoms with Gasteiger partial charge in [0.25, 0.3) is 0 Å². The summed E-state index contributed by atoms with van der Waals surface area (Å²) in [6.45, 7) is 1.88. The minimum absolute atomic E-state index is 0.178. The van der Waals surface area contributed by atoms with Gasteiger partial charge in [-0.15, -0.1) is 0 Å². The van der Waals surface area contributed by atoms with Gasteiger partial charge in [-0.05, 0) is 48.9 Å². The lowest BCUT2D eigenvalue weighted by Gasteiger charge is -2.12. The lowest BCUT2D eigenvalue weighted by Crippen LogP contribution is -2.24. The Morgan fingerprint density at radius 3 is 2.40 bits per heavy atom. The molecule has 2 aromatic carbocycles. The molecule has 0 atom stereocenters. The van der Waals surface area contributed by atoms with Crippen molar-refractivity contribution in [3.8, 4) is 11.5 Å². The molecular formula is C20H25N3O2. The van der Waals surface area contributed by atoms with Crippen LogP contribution in [0.3, 0.4) is 0 Å². The Hall–Kier alpha value is -2.63. The van der Waals surface area contributed by atoms with Crippen LogP contribution in [0.25, 0.3) is 6.08 Å². The van der Waals surface area contributed by atoms with Crippen LogP contribution in [0.2, 0.25) is 0 Å². The van der Waals surface area contributed by atoms with Gasteiger partial charge in [0.05, 0.1) is 0 Å². The number of aromatic hydroxyl groups is 2. The highest BCUT2D eigenvalue weighted by Crippen LogP contribution is 2.22. The second kappa shape index (κ2) is 9.61. The zero-order valence-electron chi connectivity index (χ0n) is 14.2. The molecule has 2 aromatic rings. The smallest absolute Gasteiger partial charge is 0.122 e. The van der Waals surface area contributed by atoms with E-state index in [-0.39, 0.29) is 11.5 Å². The third-order valence-electron chi connectivity index (χ3n) is 3.89. The molecular weight excluding hydrogens is 314 g/mol. The first kappa shape index (κ1) is 18.7. The number of phenols is 2. The van der Waals surface area contributed by atoms with E-state index in [1.807, 2.05) is 30.3 Å². The molecule has 6 N–H and O–H groups in total. The molecule has 5 heteroatoms. The highest BCUT2D eigenvalue weighted by molar-refractivity contribution is 6.03. The summed E-state index contributed by atoms with van der Waals surface area (Å²) in [5.41, 5.74) is 8.04. The number of nitrogens with two attached hydrogens (primary N) is 1.